The van der Waals surface area contributed by atoms with Gasteiger partial charge in [0.25, 0.3) is 0 Å². The van der Waals surface area contributed by atoms with Gasteiger partial charge in [-0.1, -0.05) is 27.7 Å². The van der Waals surface area contributed by atoms with E-state index in [0.29, 0.717) is 32.5 Å². The van der Waals surface area contributed by atoms with E-state index in [9.17, 15) is 0 Å². The minimum atomic E-state index is 0.572. The number of nitrogens with zero attached hydrogens (tertiary/aromatic N) is 2. The summed E-state index contributed by atoms with van der Waals surface area (Å²) in [6.07, 6.45) is 8.92. The second-order valence-corrected chi connectivity index (χ2v) is 16.1. The summed E-state index contributed by atoms with van der Waals surface area (Å²) in [6, 6.07) is 1.64. The van der Waals surface area contributed by atoms with Gasteiger partial charge in [0.05, 0.1) is 26.4 Å². The van der Waals surface area contributed by atoms with Gasteiger partial charge in [0.2, 0.25) is 0 Å². The molecule has 6 aliphatic carbocycles. The van der Waals surface area contributed by atoms with Crippen LogP contribution in [0.5, 0.6) is 0 Å². The van der Waals surface area contributed by atoms with E-state index in [4.69, 9.17) is 9.47 Å². The van der Waals surface area contributed by atoms with Gasteiger partial charge in [-0.15, -0.1) is 0 Å². The lowest BCUT2D eigenvalue weighted by molar-refractivity contribution is -0.0858. The van der Waals surface area contributed by atoms with Crippen LogP contribution < -0.4 is 0 Å². The van der Waals surface area contributed by atoms with Crippen molar-refractivity contribution >= 4 is 11.8 Å². The van der Waals surface area contributed by atoms with Gasteiger partial charge in [0.15, 0.2) is 0 Å². The largest absolute Gasteiger partial charge is 0.379 e. The van der Waals surface area contributed by atoms with Gasteiger partial charge >= 0.3 is 0 Å². The summed E-state index contributed by atoms with van der Waals surface area (Å²) in [5, 5.41) is 0. The molecule has 0 radical (unpaired) electrons. The Labute approximate surface area is 217 Å². The standard InChI is InChI=1S/C30H48N2O2S/c1-25(2)21-17-23(31-9-13-33-14-10-31)27(5-7-29(21,25)27)19-35-20-28-6-8-30(28)22(26(30,3)4)18-24(28)32-11-15-34-16-12-32/h21-24H,5-20H2,1-4H3. The Kier molecular flexibility index (Phi) is 4.64. The first-order chi connectivity index (χ1) is 16.8. The lowest BCUT2D eigenvalue weighted by Crippen LogP contribution is -2.61. The lowest BCUT2D eigenvalue weighted by atomic mass is 9.53. The van der Waals surface area contributed by atoms with Crippen LogP contribution in [-0.2, 0) is 9.47 Å². The summed E-state index contributed by atoms with van der Waals surface area (Å²) in [7, 11) is 0. The van der Waals surface area contributed by atoms with Gasteiger partial charge < -0.3 is 9.47 Å². The first-order valence-corrected chi connectivity index (χ1v) is 16.2. The molecule has 8 fully saturated rings. The van der Waals surface area contributed by atoms with Gasteiger partial charge in [0, 0.05) is 60.6 Å². The van der Waals surface area contributed by atoms with Crippen molar-refractivity contribution in [2.45, 2.75) is 78.3 Å². The van der Waals surface area contributed by atoms with Crippen LogP contribution in [0.1, 0.15) is 66.2 Å². The number of rotatable bonds is 6. The van der Waals surface area contributed by atoms with Crippen molar-refractivity contribution in [3.63, 3.8) is 0 Å². The molecule has 0 N–H and O–H groups in total. The molecule has 2 spiro atoms. The van der Waals surface area contributed by atoms with E-state index in [2.05, 4.69) is 49.3 Å². The Hall–Kier alpha value is 0.190. The van der Waals surface area contributed by atoms with E-state index in [1.54, 1.807) is 0 Å². The first-order valence-electron chi connectivity index (χ1n) is 15.0. The zero-order valence-corrected chi connectivity index (χ0v) is 23.6. The smallest absolute Gasteiger partial charge is 0.0594 e. The summed E-state index contributed by atoms with van der Waals surface area (Å²) in [5.74, 6) is 4.80. The van der Waals surface area contributed by atoms with Gasteiger partial charge in [-0.2, -0.15) is 11.8 Å². The van der Waals surface area contributed by atoms with Crippen LogP contribution in [0.25, 0.3) is 0 Å². The highest BCUT2D eigenvalue weighted by molar-refractivity contribution is 7.99. The van der Waals surface area contributed by atoms with Crippen molar-refractivity contribution in [2.24, 2.45) is 44.3 Å². The highest BCUT2D eigenvalue weighted by Crippen LogP contribution is 2.93. The van der Waals surface area contributed by atoms with Gasteiger partial charge in [-0.25, -0.2) is 0 Å². The van der Waals surface area contributed by atoms with Crippen LogP contribution in [0.3, 0.4) is 0 Å². The summed E-state index contributed by atoms with van der Waals surface area (Å²) in [4.78, 5) is 5.75. The van der Waals surface area contributed by atoms with Crippen LogP contribution in [0, 0.1) is 44.3 Å². The molecule has 5 heteroatoms. The van der Waals surface area contributed by atoms with Crippen LogP contribution in [-0.4, -0.2) is 86.0 Å². The Morgan fingerprint density at radius 1 is 0.629 bits per heavy atom. The van der Waals surface area contributed by atoms with Crippen LogP contribution in [0.2, 0.25) is 0 Å². The molecule has 0 aromatic heterocycles. The SMILES string of the molecule is CC1(C)C2CC(N3CCOCC3)C3(CSCC45CCC46C(CC5N4CCOCC4)C6(C)C)CCC213. The molecule has 8 atom stereocenters. The normalized spacial score (nSPS) is 55.2. The van der Waals surface area contributed by atoms with Gasteiger partial charge in [-0.3, -0.25) is 9.80 Å². The monoisotopic (exact) mass is 500 g/mol. The quantitative estimate of drug-likeness (QED) is 0.523. The number of thioether (sulfide) groups is 1. The average molecular weight is 501 g/mol. The second-order valence-electron chi connectivity index (χ2n) is 15.1. The second kappa shape index (κ2) is 7.03. The lowest BCUT2D eigenvalue weighted by Gasteiger charge is -2.60. The van der Waals surface area contributed by atoms with E-state index in [0.717, 1.165) is 50.3 Å². The molecule has 35 heavy (non-hydrogen) atoms. The third-order valence-electron chi connectivity index (χ3n) is 14.7. The van der Waals surface area contributed by atoms with E-state index in [-0.39, 0.29) is 0 Å². The van der Waals surface area contributed by atoms with Crippen molar-refractivity contribution in [1.29, 1.82) is 0 Å². The number of hydrogen-bond acceptors (Lipinski definition) is 5. The maximum atomic E-state index is 5.78. The molecule has 196 valence electrons. The van der Waals surface area contributed by atoms with Crippen LogP contribution in [0.15, 0.2) is 0 Å². The Morgan fingerprint density at radius 3 is 1.37 bits per heavy atom. The molecule has 2 heterocycles. The van der Waals surface area contributed by atoms with E-state index in [1.807, 2.05) is 0 Å². The molecular formula is C30H48N2O2S. The molecule has 8 unspecified atom stereocenters. The summed E-state index contributed by atoms with van der Waals surface area (Å²) >= 11 is 2.43. The summed E-state index contributed by atoms with van der Waals surface area (Å²) < 4.78 is 11.6. The number of hydrogen-bond donors (Lipinski definition) is 0. The van der Waals surface area contributed by atoms with Crippen molar-refractivity contribution in [1.82, 2.24) is 9.80 Å². The zero-order chi connectivity index (χ0) is 23.9. The number of ether oxygens (including phenoxy) is 2. The number of morpholine rings is 2. The topological polar surface area (TPSA) is 24.9 Å². The molecule has 0 aromatic carbocycles. The fourth-order valence-electron chi connectivity index (χ4n) is 12.9. The van der Waals surface area contributed by atoms with Crippen molar-refractivity contribution in [3.05, 3.63) is 0 Å². The van der Waals surface area contributed by atoms with Gasteiger partial charge in [0.1, 0.15) is 0 Å². The van der Waals surface area contributed by atoms with Crippen molar-refractivity contribution < 1.29 is 9.47 Å². The Balaban J connectivity index is 1.05. The summed E-state index contributed by atoms with van der Waals surface area (Å²) in [6.45, 7) is 18.9. The molecule has 8 rings (SSSR count). The zero-order valence-electron chi connectivity index (χ0n) is 22.7. The third-order valence-corrected chi connectivity index (χ3v) is 16.1. The van der Waals surface area contributed by atoms with Crippen LogP contribution in [0.4, 0.5) is 0 Å². The molecular weight excluding hydrogens is 452 g/mol. The first kappa shape index (κ1) is 23.1. The molecule has 0 bridgehead atoms. The van der Waals surface area contributed by atoms with Crippen molar-refractivity contribution in [2.75, 3.05) is 64.1 Å². The van der Waals surface area contributed by atoms with Crippen LogP contribution >= 0.6 is 11.8 Å². The molecule has 0 amide bonds. The third kappa shape index (κ3) is 2.37. The molecule has 8 aliphatic rings. The fraction of sp³-hybridized carbons (Fsp3) is 1.00. The van der Waals surface area contributed by atoms with E-state index in [1.165, 1.54) is 76.2 Å². The predicted molar refractivity (Wildman–Crippen MR) is 142 cm³/mol. The molecule has 6 saturated carbocycles. The van der Waals surface area contributed by atoms with E-state index < -0.39 is 0 Å². The maximum Gasteiger partial charge on any atom is 0.0594 e. The fourth-order valence-corrected chi connectivity index (χ4v) is 15.0. The Bertz CT molecular complexity index is 840. The predicted octanol–water partition coefficient (Wildman–Crippen LogP) is 4.77. The van der Waals surface area contributed by atoms with E-state index >= 15 is 0 Å². The maximum absolute atomic E-state index is 5.78. The molecule has 2 saturated heterocycles. The highest BCUT2D eigenvalue weighted by atomic mass is 32.2. The average Bonchev–Trinajstić information content (AvgIpc) is 3.48. The molecule has 4 nitrogen and oxygen atoms in total. The summed E-state index contributed by atoms with van der Waals surface area (Å²) in [5.41, 5.74) is 3.62. The molecule has 2 aliphatic heterocycles. The van der Waals surface area contributed by atoms with Crippen molar-refractivity contribution in [3.8, 4) is 0 Å². The van der Waals surface area contributed by atoms with Gasteiger partial charge in [-0.05, 0) is 72.0 Å². The molecule has 0 aromatic rings. The highest BCUT2D eigenvalue weighted by Gasteiger charge is 2.89. The minimum absolute atomic E-state index is 0.572. The minimum Gasteiger partial charge on any atom is -0.379 e. The Morgan fingerprint density at radius 2 is 1.03 bits per heavy atom.